The van der Waals surface area contributed by atoms with Gasteiger partial charge in [-0.3, -0.25) is 14.9 Å². The van der Waals surface area contributed by atoms with Gasteiger partial charge in [-0.25, -0.2) is 8.42 Å². The quantitative estimate of drug-likeness (QED) is 0.559. The number of carbonyl (C=O) groups is 2. The van der Waals surface area contributed by atoms with Crippen molar-refractivity contribution in [3.05, 3.63) is 0 Å². The van der Waals surface area contributed by atoms with Crippen LogP contribution in [0.4, 0.5) is 0 Å². The molecule has 2 aliphatic rings. The van der Waals surface area contributed by atoms with Crippen LogP contribution in [-0.2, 0) is 19.4 Å². The molecule has 3 N–H and O–H groups in total. The third kappa shape index (κ3) is 4.36. The number of amides is 2. The minimum atomic E-state index is -3.00. The molecule has 2 saturated heterocycles. The molecule has 0 aliphatic carbocycles. The van der Waals surface area contributed by atoms with Gasteiger partial charge in [-0.1, -0.05) is 0 Å². The molecule has 0 aromatic heterocycles. The second kappa shape index (κ2) is 6.10. The van der Waals surface area contributed by atoms with Gasteiger partial charge in [-0.05, 0) is 6.42 Å². The predicted octanol–water partition coefficient (Wildman–Crippen LogP) is -1.93. The smallest absolute Gasteiger partial charge is 0.239 e. The van der Waals surface area contributed by atoms with Gasteiger partial charge >= 0.3 is 0 Å². The van der Waals surface area contributed by atoms with E-state index in [0.717, 1.165) is 5.88 Å². The van der Waals surface area contributed by atoms with Crippen LogP contribution < -0.4 is 16.0 Å². The molecule has 2 unspecified atom stereocenters. The highest BCUT2D eigenvalue weighted by Crippen LogP contribution is 2.11. The highest BCUT2D eigenvalue weighted by Gasteiger charge is 2.29. The van der Waals surface area contributed by atoms with Crippen molar-refractivity contribution in [2.75, 3.05) is 29.7 Å². The Morgan fingerprint density at radius 1 is 1.37 bits per heavy atom. The second-order valence-corrected chi connectivity index (χ2v) is 7.92. The van der Waals surface area contributed by atoms with E-state index in [1.807, 2.05) is 0 Å². The minimum Gasteiger partial charge on any atom is -0.351 e. The fourth-order valence-electron chi connectivity index (χ4n) is 2.04. The zero-order valence-electron chi connectivity index (χ0n) is 10.3. The molecule has 19 heavy (non-hydrogen) atoms. The van der Waals surface area contributed by atoms with Gasteiger partial charge in [0.2, 0.25) is 11.8 Å². The molecule has 2 amide bonds. The Morgan fingerprint density at radius 3 is 2.74 bits per heavy atom. The molecule has 0 aromatic rings. The third-order valence-corrected chi connectivity index (χ3v) is 5.76. The summed E-state index contributed by atoms with van der Waals surface area (Å²) in [4.78, 5) is 23.2. The van der Waals surface area contributed by atoms with Gasteiger partial charge in [0.1, 0.15) is 0 Å². The normalized spacial score (nSPS) is 29.1. The largest absolute Gasteiger partial charge is 0.351 e. The molecule has 0 bridgehead atoms. The van der Waals surface area contributed by atoms with E-state index in [-0.39, 0.29) is 41.9 Å². The van der Waals surface area contributed by atoms with Crippen molar-refractivity contribution < 1.29 is 18.0 Å². The summed E-state index contributed by atoms with van der Waals surface area (Å²) in [6.07, 6.45) is 0.447. The number of hydrogen-bond acceptors (Lipinski definition) is 6. The van der Waals surface area contributed by atoms with Crippen molar-refractivity contribution in [3.8, 4) is 0 Å². The molecule has 0 spiro atoms. The molecular weight excluding hydrogens is 290 g/mol. The summed E-state index contributed by atoms with van der Waals surface area (Å²) in [5.41, 5.74) is 0. The summed E-state index contributed by atoms with van der Waals surface area (Å²) < 4.78 is 22.5. The van der Waals surface area contributed by atoms with E-state index in [9.17, 15) is 18.0 Å². The average Bonchev–Trinajstić information content (AvgIpc) is 2.96. The Hall–Kier alpha value is -0.800. The van der Waals surface area contributed by atoms with E-state index in [2.05, 4.69) is 16.0 Å². The highest BCUT2D eigenvalue weighted by molar-refractivity contribution is 7.99. The zero-order valence-corrected chi connectivity index (χ0v) is 12.0. The number of carbonyl (C=O) groups excluding carboxylic acids is 2. The number of thioether (sulfide) groups is 1. The Labute approximate surface area is 116 Å². The molecule has 7 nitrogen and oxygen atoms in total. The van der Waals surface area contributed by atoms with E-state index >= 15 is 0 Å². The maximum absolute atomic E-state index is 11.6. The van der Waals surface area contributed by atoms with Crippen molar-refractivity contribution in [3.63, 3.8) is 0 Å². The SMILES string of the molecule is O=C(CNC(=O)C1CSCN1)NC1CCS(=O)(=O)C1. The highest BCUT2D eigenvalue weighted by atomic mass is 32.2. The maximum Gasteiger partial charge on any atom is 0.239 e. The number of nitrogens with one attached hydrogen (secondary N) is 3. The molecular formula is C10H17N3O4S2. The third-order valence-electron chi connectivity index (χ3n) is 3.05. The lowest BCUT2D eigenvalue weighted by molar-refractivity contribution is -0.127. The Morgan fingerprint density at radius 2 is 2.16 bits per heavy atom. The summed E-state index contributed by atoms with van der Waals surface area (Å²) >= 11 is 1.63. The van der Waals surface area contributed by atoms with E-state index in [0.29, 0.717) is 12.2 Å². The van der Waals surface area contributed by atoms with Crippen LogP contribution in [0.15, 0.2) is 0 Å². The Bertz CT molecular complexity index is 459. The van der Waals surface area contributed by atoms with Crippen LogP contribution in [0.2, 0.25) is 0 Å². The van der Waals surface area contributed by atoms with Crippen molar-refractivity contribution in [1.82, 2.24) is 16.0 Å². The van der Waals surface area contributed by atoms with Gasteiger partial charge < -0.3 is 10.6 Å². The van der Waals surface area contributed by atoms with E-state index in [1.54, 1.807) is 11.8 Å². The molecule has 2 rings (SSSR count). The van der Waals surface area contributed by atoms with Gasteiger partial charge in [-0.15, -0.1) is 11.8 Å². The lowest BCUT2D eigenvalue weighted by Crippen LogP contribution is -2.47. The lowest BCUT2D eigenvalue weighted by atomic mass is 10.2. The van der Waals surface area contributed by atoms with E-state index in [1.165, 1.54) is 0 Å². The Balaban J connectivity index is 1.68. The predicted molar refractivity (Wildman–Crippen MR) is 72.5 cm³/mol. The summed E-state index contributed by atoms with van der Waals surface area (Å²) in [5, 5.41) is 8.17. The fraction of sp³-hybridized carbons (Fsp3) is 0.800. The van der Waals surface area contributed by atoms with E-state index < -0.39 is 9.84 Å². The zero-order chi connectivity index (χ0) is 13.9. The molecule has 2 atom stereocenters. The summed E-state index contributed by atoms with van der Waals surface area (Å²) in [6.45, 7) is -0.113. The summed E-state index contributed by atoms with van der Waals surface area (Å²) in [7, 11) is -3.00. The van der Waals surface area contributed by atoms with Crippen LogP contribution in [-0.4, -0.2) is 62.0 Å². The first-order valence-corrected chi connectivity index (χ1v) is 9.02. The molecule has 2 fully saturated rings. The van der Waals surface area contributed by atoms with Crippen LogP contribution in [0.25, 0.3) is 0 Å². The van der Waals surface area contributed by atoms with Crippen LogP contribution in [0.1, 0.15) is 6.42 Å². The minimum absolute atomic E-state index is 0.00644. The summed E-state index contributed by atoms with van der Waals surface area (Å²) in [5.74, 6) is 1.01. The molecule has 0 saturated carbocycles. The first-order chi connectivity index (χ1) is 8.96. The summed E-state index contributed by atoms with van der Waals surface area (Å²) in [6, 6.07) is -0.570. The van der Waals surface area contributed by atoms with Gasteiger partial charge in [-0.2, -0.15) is 0 Å². The first-order valence-electron chi connectivity index (χ1n) is 6.05. The average molecular weight is 307 g/mol. The Kier molecular flexibility index (Phi) is 4.69. The molecule has 2 aliphatic heterocycles. The number of sulfone groups is 1. The van der Waals surface area contributed by atoms with Crippen molar-refractivity contribution in [2.24, 2.45) is 0 Å². The maximum atomic E-state index is 11.6. The van der Waals surface area contributed by atoms with Crippen molar-refractivity contribution in [2.45, 2.75) is 18.5 Å². The van der Waals surface area contributed by atoms with Crippen molar-refractivity contribution >= 4 is 33.4 Å². The second-order valence-electron chi connectivity index (χ2n) is 4.66. The van der Waals surface area contributed by atoms with E-state index in [4.69, 9.17) is 0 Å². The van der Waals surface area contributed by atoms with Crippen molar-refractivity contribution in [1.29, 1.82) is 0 Å². The standard InChI is InChI=1S/C10H17N3O4S2/c14-9(13-7-1-2-19(16,17)5-7)3-11-10(15)8-4-18-6-12-8/h7-8,12H,1-6H2,(H,11,15)(H,13,14). The van der Waals surface area contributed by atoms with Crippen LogP contribution >= 0.6 is 11.8 Å². The molecule has 0 aromatic carbocycles. The topological polar surface area (TPSA) is 104 Å². The van der Waals surface area contributed by atoms with Crippen LogP contribution in [0.3, 0.4) is 0 Å². The van der Waals surface area contributed by atoms with Gasteiger partial charge in [0.05, 0.1) is 24.1 Å². The molecule has 9 heteroatoms. The number of rotatable bonds is 4. The fourth-order valence-corrected chi connectivity index (χ4v) is 4.66. The van der Waals surface area contributed by atoms with Crippen LogP contribution in [0, 0.1) is 0 Å². The number of hydrogen-bond donors (Lipinski definition) is 3. The molecule has 108 valence electrons. The van der Waals surface area contributed by atoms with Gasteiger partial charge in [0.15, 0.2) is 9.84 Å². The van der Waals surface area contributed by atoms with Gasteiger partial charge in [0.25, 0.3) is 0 Å². The van der Waals surface area contributed by atoms with Gasteiger partial charge in [0, 0.05) is 17.7 Å². The lowest BCUT2D eigenvalue weighted by Gasteiger charge is -2.13. The molecule has 0 radical (unpaired) electrons. The first kappa shape index (κ1) is 14.6. The molecule has 2 heterocycles. The van der Waals surface area contributed by atoms with Crippen LogP contribution in [0.5, 0.6) is 0 Å². The monoisotopic (exact) mass is 307 g/mol.